The number of ether oxygens (including phenoxy) is 2. The molecule has 0 saturated carbocycles. The number of esters is 1. The maximum Gasteiger partial charge on any atom is 0.415 e. The highest BCUT2D eigenvalue weighted by Gasteiger charge is 2.38. The van der Waals surface area contributed by atoms with Crippen LogP contribution in [0.5, 0.6) is 0 Å². The molecule has 2 aliphatic heterocycles. The number of hydrogen-bond donors (Lipinski definition) is 0. The Kier molecular flexibility index (Phi) is 3.48. The lowest BCUT2D eigenvalue weighted by Gasteiger charge is -2.17. The molecule has 1 saturated heterocycles. The Morgan fingerprint density at radius 2 is 2.23 bits per heavy atom. The number of methoxy groups -OCH3 is 1. The van der Waals surface area contributed by atoms with E-state index in [1.807, 2.05) is 13.0 Å². The van der Waals surface area contributed by atoms with Crippen LogP contribution < -0.4 is 9.80 Å². The summed E-state index contributed by atoms with van der Waals surface area (Å²) in [5, 5.41) is 0. The standard InChI is InChI=1S/C15H16N2O5/c1-9-5-10-6-11(3-4-12(10)17(9)8-18)16-7-13(14(19)21-2)22-15(16)20/h3-4,6,8-9,13H,5,7H2,1-2H3/t9-,13-/m1/s1. The molecule has 7 heteroatoms. The van der Waals surface area contributed by atoms with E-state index >= 15 is 0 Å². The zero-order valence-electron chi connectivity index (χ0n) is 12.3. The van der Waals surface area contributed by atoms with Crippen molar-refractivity contribution in [2.45, 2.75) is 25.5 Å². The molecule has 2 amide bonds. The fourth-order valence-electron chi connectivity index (χ4n) is 2.90. The molecule has 0 aliphatic carbocycles. The van der Waals surface area contributed by atoms with Crippen LogP contribution in [0.25, 0.3) is 0 Å². The molecule has 2 atom stereocenters. The third-order valence-corrected chi connectivity index (χ3v) is 4.03. The first kappa shape index (κ1) is 14.4. The zero-order chi connectivity index (χ0) is 15.9. The molecule has 2 heterocycles. The summed E-state index contributed by atoms with van der Waals surface area (Å²) in [7, 11) is 1.25. The Morgan fingerprint density at radius 3 is 2.91 bits per heavy atom. The summed E-state index contributed by atoms with van der Waals surface area (Å²) in [5.41, 5.74) is 2.49. The normalized spacial score (nSPS) is 23.3. The van der Waals surface area contributed by atoms with Crippen LogP contribution >= 0.6 is 0 Å². The molecule has 0 N–H and O–H groups in total. The number of carbonyl (C=O) groups excluding carboxylic acids is 3. The van der Waals surface area contributed by atoms with Gasteiger partial charge in [0.25, 0.3) is 0 Å². The number of anilines is 2. The molecule has 3 rings (SSSR count). The maximum absolute atomic E-state index is 11.9. The van der Waals surface area contributed by atoms with Crippen molar-refractivity contribution >= 4 is 29.8 Å². The van der Waals surface area contributed by atoms with Crippen molar-refractivity contribution in [2.24, 2.45) is 0 Å². The Balaban J connectivity index is 1.86. The first-order valence-electron chi connectivity index (χ1n) is 6.97. The molecule has 0 spiro atoms. The second kappa shape index (κ2) is 5.32. The van der Waals surface area contributed by atoms with Crippen molar-refractivity contribution in [3.8, 4) is 0 Å². The lowest BCUT2D eigenvalue weighted by molar-refractivity contribution is -0.148. The van der Waals surface area contributed by atoms with Gasteiger partial charge in [-0.05, 0) is 37.1 Å². The van der Waals surface area contributed by atoms with Crippen LogP contribution in [-0.4, -0.2) is 44.3 Å². The molecule has 1 aromatic carbocycles. The van der Waals surface area contributed by atoms with Crippen LogP contribution in [0.2, 0.25) is 0 Å². The fraction of sp³-hybridized carbons (Fsp3) is 0.400. The summed E-state index contributed by atoms with van der Waals surface area (Å²) < 4.78 is 9.60. The van der Waals surface area contributed by atoms with Crippen molar-refractivity contribution in [2.75, 3.05) is 23.5 Å². The largest absolute Gasteiger partial charge is 0.466 e. The van der Waals surface area contributed by atoms with Gasteiger partial charge in [0.2, 0.25) is 12.5 Å². The topological polar surface area (TPSA) is 76.2 Å². The first-order valence-corrected chi connectivity index (χ1v) is 6.97. The molecule has 0 aromatic heterocycles. The minimum Gasteiger partial charge on any atom is -0.466 e. The van der Waals surface area contributed by atoms with E-state index in [0.717, 1.165) is 24.1 Å². The predicted molar refractivity (Wildman–Crippen MR) is 77.8 cm³/mol. The van der Waals surface area contributed by atoms with Crippen LogP contribution in [0.4, 0.5) is 16.2 Å². The van der Waals surface area contributed by atoms with Crippen LogP contribution in [0, 0.1) is 0 Å². The van der Waals surface area contributed by atoms with Crippen molar-refractivity contribution in [3.05, 3.63) is 23.8 Å². The second-order valence-electron chi connectivity index (χ2n) is 5.39. The number of fused-ring (bicyclic) bond motifs is 1. The number of cyclic esters (lactones) is 1. The molecule has 1 fully saturated rings. The van der Waals surface area contributed by atoms with Gasteiger partial charge in [0.15, 0.2) is 0 Å². The predicted octanol–water partition coefficient (Wildman–Crippen LogP) is 1.09. The third kappa shape index (κ3) is 2.18. The molecule has 7 nitrogen and oxygen atoms in total. The Hall–Kier alpha value is -2.57. The monoisotopic (exact) mass is 304 g/mol. The smallest absolute Gasteiger partial charge is 0.415 e. The maximum atomic E-state index is 11.9. The number of benzene rings is 1. The van der Waals surface area contributed by atoms with E-state index in [9.17, 15) is 14.4 Å². The minimum atomic E-state index is -0.906. The summed E-state index contributed by atoms with van der Waals surface area (Å²) in [6.45, 7) is 2.09. The molecule has 0 bridgehead atoms. The summed E-state index contributed by atoms with van der Waals surface area (Å²) in [6.07, 6.45) is 0.0588. The van der Waals surface area contributed by atoms with E-state index in [-0.39, 0.29) is 12.6 Å². The zero-order valence-corrected chi connectivity index (χ0v) is 12.3. The second-order valence-corrected chi connectivity index (χ2v) is 5.39. The van der Waals surface area contributed by atoms with Gasteiger partial charge >= 0.3 is 12.1 Å². The van der Waals surface area contributed by atoms with Gasteiger partial charge in [0, 0.05) is 17.4 Å². The van der Waals surface area contributed by atoms with E-state index in [1.54, 1.807) is 17.0 Å². The average molecular weight is 304 g/mol. The number of rotatable bonds is 3. The van der Waals surface area contributed by atoms with Crippen molar-refractivity contribution in [3.63, 3.8) is 0 Å². The molecule has 1 aromatic rings. The molecule has 2 aliphatic rings. The highest BCUT2D eigenvalue weighted by Crippen LogP contribution is 2.35. The van der Waals surface area contributed by atoms with Gasteiger partial charge in [-0.1, -0.05) is 0 Å². The summed E-state index contributed by atoms with van der Waals surface area (Å²) >= 11 is 0. The van der Waals surface area contributed by atoms with Crippen molar-refractivity contribution in [1.29, 1.82) is 0 Å². The van der Waals surface area contributed by atoms with Gasteiger partial charge < -0.3 is 14.4 Å². The highest BCUT2D eigenvalue weighted by atomic mass is 16.6. The highest BCUT2D eigenvalue weighted by molar-refractivity contribution is 5.95. The molecular weight excluding hydrogens is 288 g/mol. The van der Waals surface area contributed by atoms with E-state index in [1.165, 1.54) is 12.0 Å². The third-order valence-electron chi connectivity index (χ3n) is 4.03. The molecular formula is C15H16N2O5. The Bertz CT molecular complexity index is 645. The van der Waals surface area contributed by atoms with Crippen LogP contribution in [0.3, 0.4) is 0 Å². The van der Waals surface area contributed by atoms with Gasteiger partial charge in [0.05, 0.1) is 13.7 Å². The van der Waals surface area contributed by atoms with Gasteiger partial charge in [-0.25, -0.2) is 9.59 Å². The van der Waals surface area contributed by atoms with Gasteiger partial charge in [-0.3, -0.25) is 9.69 Å². The van der Waals surface area contributed by atoms with Crippen molar-refractivity contribution in [1.82, 2.24) is 0 Å². The Morgan fingerprint density at radius 1 is 1.45 bits per heavy atom. The summed E-state index contributed by atoms with van der Waals surface area (Å²) in [5.74, 6) is -0.572. The molecule has 116 valence electrons. The molecule has 0 radical (unpaired) electrons. The SMILES string of the molecule is COC(=O)[C@H]1CN(c2ccc3c(c2)C[C@@H](C)N3C=O)C(=O)O1. The molecule has 0 unspecified atom stereocenters. The van der Waals surface area contributed by atoms with Crippen molar-refractivity contribution < 1.29 is 23.9 Å². The van der Waals surface area contributed by atoms with Crippen LogP contribution in [-0.2, 0) is 25.5 Å². The first-order chi connectivity index (χ1) is 10.5. The van der Waals surface area contributed by atoms with Gasteiger partial charge in [-0.15, -0.1) is 0 Å². The van der Waals surface area contributed by atoms with Crippen LogP contribution in [0.15, 0.2) is 18.2 Å². The van der Waals surface area contributed by atoms with Gasteiger partial charge in [-0.2, -0.15) is 0 Å². The number of hydrogen-bond acceptors (Lipinski definition) is 5. The summed E-state index contributed by atoms with van der Waals surface area (Å²) in [4.78, 5) is 37.6. The number of amides is 2. The molecule has 22 heavy (non-hydrogen) atoms. The van der Waals surface area contributed by atoms with Gasteiger partial charge in [0.1, 0.15) is 0 Å². The van der Waals surface area contributed by atoms with E-state index < -0.39 is 18.2 Å². The number of nitrogens with zero attached hydrogens (tertiary/aromatic N) is 2. The van der Waals surface area contributed by atoms with E-state index in [4.69, 9.17) is 4.74 Å². The Labute approximate surface area is 127 Å². The average Bonchev–Trinajstić information content (AvgIpc) is 3.04. The quantitative estimate of drug-likeness (QED) is 0.617. The van der Waals surface area contributed by atoms with E-state index in [0.29, 0.717) is 5.69 Å². The minimum absolute atomic E-state index is 0.0936. The number of carbonyl (C=O) groups is 3. The lowest BCUT2D eigenvalue weighted by Crippen LogP contribution is -2.28. The van der Waals surface area contributed by atoms with E-state index in [2.05, 4.69) is 4.74 Å². The van der Waals surface area contributed by atoms with Crippen LogP contribution in [0.1, 0.15) is 12.5 Å². The lowest BCUT2D eigenvalue weighted by atomic mass is 10.1. The fourth-order valence-corrected chi connectivity index (χ4v) is 2.90. The summed E-state index contributed by atoms with van der Waals surface area (Å²) in [6, 6.07) is 5.50.